The fourth-order valence-electron chi connectivity index (χ4n) is 0.906. The van der Waals surface area contributed by atoms with Crippen LogP contribution in [0.1, 0.15) is 20.3 Å². The standard InChI is InChI=1S/C9H16O5/c1-6(2)14-5-4-7(8(10)11)9(12)13-3/h6-7H,4-5H2,1-3H3,(H,10,11). The van der Waals surface area contributed by atoms with Crippen LogP contribution in [0.5, 0.6) is 0 Å². The molecule has 5 heteroatoms. The van der Waals surface area contributed by atoms with Gasteiger partial charge in [-0.05, 0) is 20.3 Å². The molecule has 0 saturated carbocycles. The second-order valence-corrected chi connectivity index (χ2v) is 3.12. The SMILES string of the molecule is COC(=O)C(CCOC(C)C)C(=O)O. The van der Waals surface area contributed by atoms with E-state index in [1.165, 1.54) is 7.11 Å². The van der Waals surface area contributed by atoms with Gasteiger partial charge in [-0.25, -0.2) is 0 Å². The van der Waals surface area contributed by atoms with Crippen molar-refractivity contribution < 1.29 is 24.2 Å². The number of carbonyl (C=O) groups excluding carboxylic acids is 1. The van der Waals surface area contributed by atoms with Gasteiger partial charge in [0.05, 0.1) is 13.2 Å². The summed E-state index contributed by atoms with van der Waals surface area (Å²) in [6.45, 7) is 3.92. The first-order chi connectivity index (χ1) is 6.49. The van der Waals surface area contributed by atoms with Crippen LogP contribution in [0.4, 0.5) is 0 Å². The zero-order valence-corrected chi connectivity index (χ0v) is 8.65. The van der Waals surface area contributed by atoms with Crippen LogP contribution in [0, 0.1) is 5.92 Å². The smallest absolute Gasteiger partial charge is 0.320 e. The predicted octanol–water partition coefficient (Wildman–Crippen LogP) is 0.675. The van der Waals surface area contributed by atoms with Gasteiger partial charge >= 0.3 is 11.9 Å². The number of carboxylic acids is 1. The molecule has 0 aliphatic rings. The van der Waals surface area contributed by atoms with Gasteiger partial charge in [0.25, 0.3) is 0 Å². The molecule has 82 valence electrons. The van der Waals surface area contributed by atoms with Gasteiger partial charge in [0.1, 0.15) is 0 Å². The van der Waals surface area contributed by atoms with Crippen LogP contribution in [-0.2, 0) is 19.1 Å². The number of carbonyl (C=O) groups is 2. The number of rotatable bonds is 6. The van der Waals surface area contributed by atoms with E-state index in [4.69, 9.17) is 9.84 Å². The van der Waals surface area contributed by atoms with Crippen LogP contribution >= 0.6 is 0 Å². The molecule has 0 aromatic rings. The number of ether oxygens (including phenoxy) is 2. The fourth-order valence-corrected chi connectivity index (χ4v) is 0.906. The third-order valence-electron chi connectivity index (χ3n) is 1.64. The minimum Gasteiger partial charge on any atom is -0.481 e. The number of hydrogen-bond acceptors (Lipinski definition) is 4. The van der Waals surface area contributed by atoms with E-state index in [-0.39, 0.29) is 19.1 Å². The molecule has 0 aromatic heterocycles. The lowest BCUT2D eigenvalue weighted by atomic mass is 10.1. The monoisotopic (exact) mass is 204 g/mol. The molecule has 1 unspecified atom stereocenters. The molecule has 0 aliphatic carbocycles. The van der Waals surface area contributed by atoms with Crippen molar-refractivity contribution in [2.24, 2.45) is 5.92 Å². The maximum Gasteiger partial charge on any atom is 0.320 e. The molecule has 0 rings (SSSR count). The van der Waals surface area contributed by atoms with Crippen molar-refractivity contribution in [3.8, 4) is 0 Å². The van der Waals surface area contributed by atoms with Gasteiger partial charge in [-0.15, -0.1) is 0 Å². The molecular formula is C9H16O5. The Morgan fingerprint density at radius 1 is 1.36 bits per heavy atom. The van der Waals surface area contributed by atoms with Crippen molar-refractivity contribution in [3.63, 3.8) is 0 Å². The highest BCUT2D eigenvalue weighted by molar-refractivity contribution is 5.93. The minimum atomic E-state index is -1.18. The van der Waals surface area contributed by atoms with E-state index in [9.17, 15) is 9.59 Å². The molecule has 14 heavy (non-hydrogen) atoms. The number of aliphatic carboxylic acids is 1. The van der Waals surface area contributed by atoms with E-state index in [0.717, 1.165) is 0 Å². The molecule has 0 saturated heterocycles. The summed E-state index contributed by atoms with van der Waals surface area (Å²) < 4.78 is 9.50. The molecule has 5 nitrogen and oxygen atoms in total. The highest BCUT2D eigenvalue weighted by Crippen LogP contribution is 2.06. The van der Waals surface area contributed by atoms with Crippen LogP contribution in [-0.4, -0.2) is 36.9 Å². The number of methoxy groups -OCH3 is 1. The first-order valence-corrected chi connectivity index (χ1v) is 4.41. The fraction of sp³-hybridized carbons (Fsp3) is 0.778. The first kappa shape index (κ1) is 12.9. The largest absolute Gasteiger partial charge is 0.481 e. The van der Waals surface area contributed by atoms with E-state index in [0.29, 0.717) is 0 Å². The highest BCUT2D eigenvalue weighted by Gasteiger charge is 2.26. The van der Waals surface area contributed by atoms with Crippen LogP contribution in [0.15, 0.2) is 0 Å². The molecule has 0 amide bonds. The zero-order valence-electron chi connectivity index (χ0n) is 8.65. The molecule has 0 heterocycles. The summed E-state index contributed by atoms with van der Waals surface area (Å²) in [7, 11) is 1.17. The lowest BCUT2D eigenvalue weighted by Crippen LogP contribution is -2.26. The Morgan fingerprint density at radius 3 is 2.29 bits per heavy atom. The topological polar surface area (TPSA) is 72.8 Å². The maximum absolute atomic E-state index is 11.0. The lowest BCUT2D eigenvalue weighted by Gasteiger charge is -2.11. The third kappa shape index (κ3) is 4.81. The quantitative estimate of drug-likeness (QED) is 0.508. The van der Waals surface area contributed by atoms with E-state index in [1.54, 1.807) is 0 Å². The Morgan fingerprint density at radius 2 is 1.93 bits per heavy atom. The van der Waals surface area contributed by atoms with Gasteiger partial charge < -0.3 is 14.6 Å². The molecular weight excluding hydrogens is 188 g/mol. The second kappa shape index (κ2) is 6.37. The van der Waals surface area contributed by atoms with E-state index in [2.05, 4.69) is 4.74 Å². The Bertz CT molecular complexity index is 199. The van der Waals surface area contributed by atoms with Gasteiger partial charge in [0.15, 0.2) is 5.92 Å². The maximum atomic E-state index is 11.0. The summed E-state index contributed by atoms with van der Waals surface area (Å²) in [4.78, 5) is 21.6. The molecule has 0 radical (unpaired) electrons. The average Bonchev–Trinajstić information content (AvgIpc) is 2.10. The van der Waals surface area contributed by atoms with Gasteiger partial charge in [-0.1, -0.05) is 0 Å². The summed E-state index contributed by atoms with van der Waals surface area (Å²) in [6, 6.07) is 0. The summed E-state index contributed by atoms with van der Waals surface area (Å²) in [5.41, 5.74) is 0. The average molecular weight is 204 g/mol. The Kier molecular flexibility index (Phi) is 5.87. The predicted molar refractivity (Wildman–Crippen MR) is 48.8 cm³/mol. The van der Waals surface area contributed by atoms with Crippen LogP contribution in [0.2, 0.25) is 0 Å². The summed E-state index contributed by atoms with van der Waals surface area (Å²) in [6.07, 6.45) is 0.169. The molecule has 0 fully saturated rings. The minimum absolute atomic E-state index is 0.0297. The van der Waals surface area contributed by atoms with E-state index in [1.807, 2.05) is 13.8 Å². The lowest BCUT2D eigenvalue weighted by molar-refractivity contribution is -0.157. The van der Waals surface area contributed by atoms with Gasteiger partial charge in [0.2, 0.25) is 0 Å². The molecule has 0 spiro atoms. The van der Waals surface area contributed by atoms with Crippen LogP contribution in [0.3, 0.4) is 0 Å². The van der Waals surface area contributed by atoms with Crippen molar-refractivity contribution in [1.29, 1.82) is 0 Å². The Balaban J connectivity index is 3.99. The van der Waals surface area contributed by atoms with Crippen molar-refractivity contribution in [3.05, 3.63) is 0 Å². The summed E-state index contributed by atoms with van der Waals surface area (Å²) >= 11 is 0. The van der Waals surface area contributed by atoms with Crippen molar-refractivity contribution in [1.82, 2.24) is 0 Å². The van der Waals surface area contributed by atoms with Gasteiger partial charge in [-0.2, -0.15) is 0 Å². The first-order valence-electron chi connectivity index (χ1n) is 4.41. The molecule has 0 aliphatic heterocycles. The third-order valence-corrected chi connectivity index (χ3v) is 1.64. The highest BCUT2D eigenvalue weighted by atomic mass is 16.5. The van der Waals surface area contributed by atoms with E-state index >= 15 is 0 Å². The zero-order chi connectivity index (χ0) is 11.1. The van der Waals surface area contributed by atoms with E-state index < -0.39 is 17.9 Å². The number of hydrogen-bond donors (Lipinski definition) is 1. The summed E-state index contributed by atoms with van der Waals surface area (Å²) in [5.74, 6) is -3.03. The van der Waals surface area contributed by atoms with Crippen LogP contribution < -0.4 is 0 Å². The van der Waals surface area contributed by atoms with Crippen molar-refractivity contribution in [2.75, 3.05) is 13.7 Å². The number of carboxylic acid groups (broad SMARTS) is 1. The Hall–Kier alpha value is -1.10. The van der Waals surface area contributed by atoms with Crippen LogP contribution in [0.25, 0.3) is 0 Å². The molecule has 0 aromatic carbocycles. The van der Waals surface area contributed by atoms with Crippen molar-refractivity contribution >= 4 is 11.9 Å². The number of esters is 1. The molecule has 0 bridgehead atoms. The van der Waals surface area contributed by atoms with Crippen molar-refractivity contribution in [2.45, 2.75) is 26.4 Å². The van der Waals surface area contributed by atoms with Gasteiger partial charge in [-0.3, -0.25) is 9.59 Å². The molecule has 1 N–H and O–H groups in total. The molecule has 1 atom stereocenters. The van der Waals surface area contributed by atoms with Gasteiger partial charge in [0, 0.05) is 6.61 Å². The second-order valence-electron chi connectivity index (χ2n) is 3.12. The Labute approximate surface area is 83.0 Å². The summed E-state index contributed by atoms with van der Waals surface area (Å²) in [5, 5.41) is 8.68. The normalized spacial score (nSPS) is 12.6.